The van der Waals surface area contributed by atoms with Crippen molar-refractivity contribution in [1.82, 2.24) is 4.90 Å². The number of carbonyl (C=O) groups is 1. The average Bonchev–Trinajstić information content (AvgIpc) is 2.96. The number of fused-ring (bicyclic) bond motifs is 1. The van der Waals surface area contributed by atoms with E-state index in [-0.39, 0.29) is 5.91 Å². The maximum absolute atomic E-state index is 13.5. The van der Waals surface area contributed by atoms with Gasteiger partial charge in [-0.3, -0.25) is 4.79 Å². The van der Waals surface area contributed by atoms with Crippen LogP contribution in [0.25, 0.3) is 0 Å². The number of benzene rings is 3. The predicted octanol–water partition coefficient (Wildman–Crippen LogP) is 4.38. The van der Waals surface area contributed by atoms with Crippen molar-refractivity contribution >= 4 is 23.4 Å². The molecule has 1 heterocycles. The number of ether oxygens (including phenoxy) is 2. The van der Waals surface area contributed by atoms with Crippen molar-refractivity contribution in [3.8, 4) is 11.5 Å². The normalized spacial score (nSPS) is 17.9. The predicted molar refractivity (Wildman–Crippen MR) is 136 cm³/mol. The summed E-state index contributed by atoms with van der Waals surface area (Å²) in [6.45, 7) is 1.55. The first-order chi connectivity index (χ1) is 16.5. The van der Waals surface area contributed by atoms with Gasteiger partial charge in [0, 0.05) is 13.1 Å². The molecule has 2 unspecified atom stereocenters. The molecule has 7 heteroatoms. The van der Waals surface area contributed by atoms with Gasteiger partial charge < -0.3 is 24.4 Å². The van der Waals surface area contributed by atoms with Crippen molar-refractivity contribution < 1.29 is 19.4 Å². The third kappa shape index (κ3) is 5.38. The van der Waals surface area contributed by atoms with Crippen LogP contribution in [0.1, 0.15) is 16.4 Å². The Morgan fingerprint density at radius 2 is 1.74 bits per heavy atom. The molecule has 4 rings (SSSR count). The van der Waals surface area contributed by atoms with Crippen LogP contribution in [0.5, 0.6) is 11.5 Å². The topological polar surface area (TPSA) is 62.2 Å². The van der Waals surface area contributed by atoms with Crippen LogP contribution in [0.15, 0.2) is 77.7 Å². The van der Waals surface area contributed by atoms with Gasteiger partial charge in [0.15, 0.2) is 0 Å². The van der Waals surface area contributed by atoms with E-state index in [1.54, 1.807) is 12.0 Å². The molecule has 3 aromatic rings. The summed E-state index contributed by atoms with van der Waals surface area (Å²) in [6, 6.07) is 23.2. The number of amides is 1. The SMILES string of the molecule is COc1ccc(C2Sc3c(OCc4ccccc4)cccc3N(CCN(C)C)C(=O)C2O)cc1. The Balaban J connectivity index is 1.73. The van der Waals surface area contributed by atoms with Crippen LogP contribution in [-0.4, -0.2) is 56.3 Å². The molecule has 1 aliphatic heterocycles. The maximum Gasteiger partial charge on any atom is 0.257 e. The van der Waals surface area contributed by atoms with Gasteiger partial charge in [-0.25, -0.2) is 0 Å². The van der Waals surface area contributed by atoms with Gasteiger partial charge in [-0.15, -0.1) is 11.8 Å². The molecule has 0 aromatic heterocycles. The molecular formula is C27H30N2O4S. The Morgan fingerprint density at radius 3 is 2.41 bits per heavy atom. The highest BCUT2D eigenvalue weighted by Crippen LogP contribution is 2.50. The smallest absolute Gasteiger partial charge is 0.257 e. The highest BCUT2D eigenvalue weighted by atomic mass is 32.2. The number of hydrogen-bond acceptors (Lipinski definition) is 6. The second kappa shape index (κ2) is 11.0. The van der Waals surface area contributed by atoms with E-state index in [2.05, 4.69) is 0 Å². The van der Waals surface area contributed by atoms with Crippen LogP contribution in [-0.2, 0) is 11.4 Å². The number of methoxy groups -OCH3 is 1. The maximum atomic E-state index is 13.5. The van der Waals surface area contributed by atoms with Crippen LogP contribution in [0.4, 0.5) is 5.69 Å². The van der Waals surface area contributed by atoms with Gasteiger partial charge >= 0.3 is 0 Å². The van der Waals surface area contributed by atoms with E-state index in [4.69, 9.17) is 9.47 Å². The average molecular weight is 479 g/mol. The fourth-order valence-corrected chi connectivity index (χ4v) is 5.19. The van der Waals surface area contributed by atoms with E-state index in [9.17, 15) is 9.90 Å². The van der Waals surface area contributed by atoms with E-state index < -0.39 is 11.4 Å². The molecule has 1 N–H and O–H groups in total. The van der Waals surface area contributed by atoms with Crippen LogP contribution in [0, 0.1) is 0 Å². The monoisotopic (exact) mass is 478 g/mol. The first-order valence-corrected chi connectivity index (χ1v) is 12.1. The molecule has 0 bridgehead atoms. The number of hydrogen-bond donors (Lipinski definition) is 1. The molecule has 2 atom stereocenters. The van der Waals surface area contributed by atoms with E-state index in [1.807, 2.05) is 91.8 Å². The second-order valence-corrected chi connectivity index (χ2v) is 9.58. The van der Waals surface area contributed by atoms with E-state index in [0.717, 1.165) is 27.5 Å². The molecule has 6 nitrogen and oxygen atoms in total. The highest BCUT2D eigenvalue weighted by molar-refractivity contribution is 8.00. The van der Waals surface area contributed by atoms with Crippen molar-refractivity contribution in [2.45, 2.75) is 22.9 Å². The van der Waals surface area contributed by atoms with Crippen LogP contribution < -0.4 is 14.4 Å². The molecule has 1 amide bonds. The van der Waals surface area contributed by atoms with Gasteiger partial charge in [0.1, 0.15) is 24.2 Å². The molecule has 3 aromatic carbocycles. The molecule has 1 aliphatic rings. The number of aliphatic hydroxyl groups excluding tert-OH is 1. The minimum Gasteiger partial charge on any atom is -0.497 e. The zero-order valence-electron chi connectivity index (χ0n) is 19.7. The molecule has 0 saturated heterocycles. The Kier molecular flexibility index (Phi) is 7.77. The molecule has 0 radical (unpaired) electrons. The minimum absolute atomic E-state index is 0.311. The number of nitrogens with zero attached hydrogens (tertiary/aromatic N) is 2. The Labute approximate surface area is 205 Å². The number of rotatable bonds is 8. The molecule has 0 aliphatic carbocycles. The van der Waals surface area contributed by atoms with Crippen LogP contribution in [0.2, 0.25) is 0 Å². The first-order valence-electron chi connectivity index (χ1n) is 11.2. The minimum atomic E-state index is -1.20. The van der Waals surface area contributed by atoms with Crippen LogP contribution >= 0.6 is 11.8 Å². The van der Waals surface area contributed by atoms with Crippen molar-refractivity contribution in [2.75, 3.05) is 39.2 Å². The quantitative estimate of drug-likeness (QED) is 0.519. The summed E-state index contributed by atoms with van der Waals surface area (Å²) in [5, 5.41) is 10.7. The summed E-state index contributed by atoms with van der Waals surface area (Å²) < 4.78 is 11.5. The Bertz CT molecular complexity index is 1110. The zero-order chi connectivity index (χ0) is 24.1. The summed E-state index contributed by atoms with van der Waals surface area (Å²) >= 11 is 1.46. The fraction of sp³-hybridized carbons (Fsp3) is 0.296. The second-order valence-electron chi connectivity index (χ2n) is 8.43. The van der Waals surface area contributed by atoms with Crippen molar-refractivity contribution in [3.05, 3.63) is 83.9 Å². The zero-order valence-corrected chi connectivity index (χ0v) is 20.5. The summed E-state index contributed by atoms with van der Waals surface area (Å²) in [5.74, 6) is 1.11. The highest BCUT2D eigenvalue weighted by Gasteiger charge is 2.38. The lowest BCUT2D eigenvalue weighted by atomic mass is 10.1. The molecule has 34 heavy (non-hydrogen) atoms. The van der Waals surface area contributed by atoms with Gasteiger partial charge in [-0.2, -0.15) is 0 Å². The number of carbonyl (C=O) groups excluding carboxylic acids is 1. The van der Waals surface area contributed by atoms with Crippen molar-refractivity contribution in [2.24, 2.45) is 0 Å². The molecule has 0 spiro atoms. The summed E-state index contributed by atoms with van der Waals surface area (Å²) in [5.41, 5.74) is 2.67. The van der Waals surface area contributed by atoms with Crippen LogP contribution in [0.3, 0.4) is 0 Å². The van der Waals surface area contributed by atoms with Gasteiger partial charge in [0.05, 0.1) is 22.9 Å². The van der Waals surface area contributed by atoms with E-state index >= 15 is 0 Å². The molecule has 0 fully saturated rings. The first kappa shape index (κ1) is 24.1. The van der Waals surface area contributed by atoms with Crippen molar-refractivity contribution in [1.29, 1.82) is 0 Å². The van der Waals surface area contributed by atoms with Crippen molar-refractivity contribution in [3.63, 3.8) is 0 Å². The number of aliphatic hydroxyl groups is 1. The Morgan fingerprint density at radius 1 is 1.00 bits per heavy atom. The molecule has 178 valence electrons. The number of anilines is 1. The van der Waals surface area contributed by atoms with E-state index in [1.165, 1.54) is 11.8 Å². The molecule has 0 saturated carbocycles. The standard InChI is InChI=1S/C27H30N2O4S/c1-28(2)16-17-29-22-10-7-11-23(33-18-19-8-5-4-6-9-19)26(22)34-25(24(30)27(29)31)20-12-14-21(32-3)15-13-20/h4-15,24-25,30H,16-18H2,1-3H3. The fourth-order valence-electron chi connectivity index (χ4n) is 3.86. The number of thioether (sulfide) groups is 1. The van der Waals surface area contributed by atoms with E-state index in [0.29, 0.717) is 25.4 Å². The van der Waals surface area contributed by atoms with Gasteiger partial charge in [-0.05, 0) is 49.5 Å². The summed E-state index contributed by atoms with van der Waals surface area (Å²) in [6.07, 6.45) is -1.20. The van der Waals surface area contributed by atoms with Gasteiger partial charge in [0.2, 0.25) is 0 Å². The third-order valence-corrected chi connectivity index (χ3v) is 7.18. The lowest BCUT2D eigenvalue weighted by Gasteiger charge is -2.26. The lowest BCUT2D eigenvalue weighted by Crippen LogP contribution is -2.43. The largest absolute Gasteiger partial charge is 0.497 e. The lowest BCUT2D eigenvalue weighted by molar-refractivity contribution is -0.126. The number of likely N-dealkylation sites (N-methyl/N-ethyl adjacent to an activating group) is 1. The Hall–Kier alpha value is -3.00. The van der Waals surface area contributed by atoms with Gasteiger partial charge in [0.25, 0.3) is 5.91 Å². The molecular weight excluding hydrogens is 448 g/mol. The summed E-state index contributed by atoms with van der Waals surface area (Å²) in [7, 11) is 5.55. The summed E-state index contributed by atoms with van der Waals surface area (Å²) in [4.78, 5) is 18.1. The third-order valence-electron chi connectivity index (χ3n) is 5.75. The van der Waals surface area contributed by atoms with Gasteiger partial charge in [-0.1, -0.05) is 48.5 Å².